The molecule has 2 amide bonds. The van der Waals surface area contributed by atoms with Crippen LogP contribution in [-0.2, 0) is 9.59 Å². The molecule has 2 aliphatic carbocycles. The maximum absolute atomic E-state index is 12.8. The van der Waals surface area contributed by atoms with E-state index in [2.05, 4.69) is 17.1 Å². The fourth-order valence-corrected chi connectivity index (χ4v) is 4.42. The Hall–Kier alpha value is -1.85. The van der Waals surface area contributed by atoms with Gasteiger partial charge in [-0.25, -0.2) is 0 Å². The van der Waals surface area contributed by atoms with Crippen molar-refractivity contribution < 1.29 is 14.3 Å². The smallest absolute Gasteiger partial charge is 0.238 e. The van der Waals surface area contributed by atoms with E-state index in [-0.39, 0.29) is 47.9 Å². The average Bonchev–Trinajstić information content (AvgIpc) is 3.26. The first-order valence-corrected chi connectivity index (χ1v) is 9.00. The summed E-state index contributed by atoms with van der Waals surface area (Å²) in [5.74, 6) is 0.891. The Balaban J connectivity index is 0.00000196. The van der Waals surface area contributed by atoms with Crippen molar-refractivity contribution in [2.24, 2.45) is 23.7 Å². The number of halogens is 1. The van der Waals surface area contributed by atoms with Gasteiger partial charge in [-0.1, -0.05) is 12.2 Å². The second-order valence-electron chi connectivity index (χ2n) is 7.51. The molecule has 0 spiro atoms. The highest BCUT2D eigenvalue weighted by molar-refractivity contribution is 6.22. The van der Waals surface area contributed by atoms with Crippen molar-refractivity contribution in [2.75, 3.05) is 32.1 Å². The van der Waals surface area contributed by atoms with Crippen LogP contribution in [0.15, 0.2) is 36.4 Å². The molecule has 2 fully saturated rings. The lowest BCUT2D eigenvalue weighted by atomic mass is 9.85. The summed E-state index contributed by atoms with van der Waals surface area (Å²) in [7, 11) is 4.08. The van der Waals surface area contributed by atoms with Gasteiger partial charge in [-0.05, 0) is 63.0 Å². The topological polar surface area (TPSA) is 49.9 Å². The van der Waals surface area contributed by atoms with Crippen molar-refractivity contribution in [3.8, 4) is 5.75 Å². The lowest BCUT2D eigenvalue weighted by Gasteiger charge is -2.17. The lowest BCUT2D eigenvalue weighted by Crippen LogP contribution is -2.32. The van der Waals surface area contributed by atoms with Crippen molar-refractivity contribution in [1.29, 1.82) is 0 Å². The lowest BCUT2D eigenvalue weighted by molar-refractivity contribution is -0.123. The molecular formula is C20H25ClN2O3. The van der Waals surface area contributed by atoms with Crippen molar-refractivity contribution in [1.82, 2.24) is 4.90 Å². The zero-order valence-electron chi connectivity index (χ0n) is 15.1. The van der Waals surface area contributed by atoms with Crippen LogP contribution in [0.2, 0.25) is 0 Å². The van der Waals surface area contributed by atoms with Gasteiger partial charge < -0.3 is 9.64 Å². The van der Waals surface area contributed by atoms with Gasteiger partial charge in [0.15, 0.2) is 0 Å². The summed E-state index contributed by atoms with van der Waals surface area (Å²) < 4.78 is 5.72. The number of ether oxygens (including phenoxy) is 1. The van der Waals surface area contributed by atoms with E-state index in [1.165, 1.54) is 4.90 Å². The molecule has 1 saturated heterocycles. The largest absolute Gasteiger partial charge is 0.494 e. The Morgan fingerprint density at radius 2 is 1.62 bits per heavy atom. The van der Waals surface area contributed by atoms with Gasteiger partial charge in [-0.3, -0.25) is 14.5 Å². The van der Waals surface area contributed by atoms with Crippen LogP contribution < -0.4 is 9.64 Å². The number of anilines is 1. The maximum Gasteiger partial charge on any atom is 0.238 e. The van der Waals surface area contributed by atoms with E-state index in [1.54, 1.807) is 0 Å². The monoisotopic (exact) mass is 376 g/mol. The number of allylic oxidation sites excluding steroid dienone is 2. The summed E-state index contributed by atoms with van der Waals surface area (Å²) in [5, 5.41) is 0. The van der Waals surface area contributed by atoms with Crippen LogP contribution in [-0.4, -0.2) is 44.0 Å². The molecule has 0 radical (unpaired) electrons. The van der Waals surface area contributed by atoms with Crippen LogP contribution in [0.4, 0.5) is 5.69 Å². The molecule has 1 aliphatic heterocycles. The highest BCUT2D eigenvalue weighted by Crippen LogP contribution is 2.53. The van der Waals surface area contributed by atoms with E-state index in [4.69, 9.17) is 4.74 Å². The van der Waals surface area contributed by atoms with Gasteiger partial charge in [-0.15, -0.1) is 12.4 Å². The van der Waals surface area contributed by atoms with Gasteiger partial charge in [0, 0.05) is 6.54 Å². The fraction of sp³-hybridized carbons (Fsp3) is 0.500. The van der Waals surface area contributed by atoms with Crippen LogP contribution in [0.25, 0.3) is 0 Å². The van der Waals surface area contributed by atoms with E-state index < -0.39 is 0 Å². The summed E-state index contributed by atoms with van der Waals surface area (Å²) in [6.07, 6.45) is 6.15. The third-order valence-electron chi connectivity index (χ3n) is 5.58. The minimum Gasteiger partial charge on any atom is -0.494 e. The van der Waals surface area contributed by atoms with Crippen molar-refractivity contribution in [3.05, 3.63) is 36.4 Å². The van der Waals surface area contributed by atoms with Gasteiger partial charge in [0.1, 0.15) is 5.75 Å². The summed E-state index contributed by atoms with van der Waals surface area (Å²) in [6, 6.07) is 7.31. The molecule has 4 atom stereocenters. The Kier molecular flexibility index (Phi) is 5.39. The Bertz CT molecular complexity index is 686. The van der Waals surface area contributed by atoms with Crippen LogP contribution >= 0.6 is 12.4 Å². The number of rotatable bonds is 6. The first kappa shape index (κ1) is 18.9. The highest BCUT2D eigenvalue weighted by Gasteiger charge is 2.59. The first-order chi connectivity index (χ1) is 12.1. The summed E-state index contributed by atoms with van der Waals surface area (Å²) in [4.78, 5) is 29.1. The normalized spacial score (nSPS) is 28.7. The zero-order valence-corrected chi connectivity index (χ0v) is 15.9. The molecule has 0 N–H and O–H groups in total. The number of benzene rings is 1. The molecule has 26 heavy (non-hydrogen) atoms. The summed E-state index contributed by atoms with van der Waals surface area (Å²) in [5.41, 5.74) is 0.657. The van der Waals surface area contributed by atoms with Gasteiger partial charge in [0.25, 0.3) is 0 Å². The predicted octanol–water partition coefficient (Wildman–Crippen LogP) is 2.75. The molecule has 4 unspecified atom stereocenters. The molecule has 2 bridgehead atoms. The predicted molar refractivity (Wildman–Crippen MR) is 103 cm³/mol. The minimum atomic E-state index is -0.149. The minimum absolute atomic E-state index is 0. The maximum atomic E-state index is 12.8. The van der Waals surface area contributed by atoms with E-state index in [0.29, 0.717) is 12.3 Å². The molecule has 1 aromatic rings. The number of carbonyl (C=O) groups excluding carboxylic acids is 2. The molecule has 3 aliphatic rings. The molecule has 5 nitrogen and oxygen atoms in total. The Morgan fingerprint density at radius 1 is 1.04 bits per heavy atom. The van der Waals surface area contributed by atoms with Gasteiger partial charge >= 0.3 is 0 Å². The quantitative estimate of drug-likeness (QED) is 0.435. The second kappa shape index (κ2) is 7.41. The fourth-order valence-electron chi connectivity index (χ4n) is 4.42. The molecule has 140 valence electrons. The molecule has 1 aromatic carbocycles. The third kappa shape index (κ3) is 3.14. The van der Waals surface area contributed by atoms with Crippen LogP contribution in [0, 0.1) is 23.7 Å². The van der Waals surface area contributed by atoms with E-state index in [9.17, 15) is 9.59 Å². The summed E-state index contributed by atoms with van der Waals surface area (Å²) >= 11 is 0. The Morgan fingerprint density at radius 3 is 2.15 bits per heavy atom. The van der Waals surface area contributed by atoms with Crippen LogP contribution in [0.1, 0.15) is 12.8 Å². The number of carbonyl (C=O) groups is 2. The van der Waals surface area contributed by atoms with Crippen molar-refractivity contribution >= 4 is 29.9 Å². The average molecular weight is 377 g/mol. The number of hydrogen-bond acceptors (Lipinski definition) is 4. The van der Waals surface area contributed by atoms with Gasteiger partial charge in [0.2, 0.25) is 11.8 Å². The van der Waals surface area contributed by atoms with Crippen LogP contribution in [0.3, 0.4) is 0 Å². The van der Waals surface area contributed by atoms with Crippen LogP contribution in [0.5, 0.6) is 5.75 Å². The third-order valence-corrected chi connectivity index (χ3v) is 5.58. The number of fused-ring (bicyclic) bond motifs is 5. The molecule has 0 aromatic heterocycles. The standard InChI is InChI=1S/C20H24N2O3.ClH/c1-21(2)10-3-11-25-16-8-6-15(7-9-16)22-19(23)17-13-4-5-14(12-13)18(17)20(22)24;/h4-9,13-14,17-18H,3,10-12H2,1-2H3;1H. The second-order valence-corrected chi connectivity index (χ2v) is 7.51. The van der Waals surface area contributed by atoms with E-state index in [1.807, 2.05) is 38.4 Å². The molecular weight excluding hydrogens is 352 g/mol. The number of imide groups is 1. The first-order valence-electron chi connectivity index (χ1n) is 9.00. The number of nitrogens with zero attached hydrogens (tertiary/aromatic N) is 2. The highest BCUT2D eigenvalue weighted by atomic mass is 35.5. The molecule has 4 rings (SSSR count). The summed E-state index contributed by atoms with van der Waals surface area (Å²) in [6.45, 7) is 1.63. The van der Waals surface area contributed by atoms with E-state index in [0.717, 1.165) is 25.1 Å². The Labute approximate surface area is 160 Å². The number of amides is 2. The van der Waals surface area contributed by atoms with Gasteiger partial charge in [-0.2, -0.15) is 0 Å². The zero-order chi connectivity index (χ0) is 17.6. The molecule has 1 saturated carbocycles. The SMILES string of the molecule is CN(C)CCCOc1ccc(N2C(=O)C3C4C=CC(C4)C3C2=O)cc1.Cl. The number of hydrogen-bond donors (Lipinski definition) is 0. The van der Waals surface area contributed by atoms with Crippen molar-refractivity contribution in [3.63, 3.8) is 0 Å². The van der Waals surface area contributed by atoms with Crippen molar-refractivity contribution in [2.45, 2.75) is 12.8 Å². The van der Waals surface area contributed by atoms with Gasteiger partial charge in [0.05, 0.1) is 24.1 Å². The van der Waals surface area contributed by atoms with E-state index >= 15 is 0 Å². The molecule has 6 heteroatoms. The molecule has 1 heterocycles.